The fourth-order valence-corrected chi connectivity index (χ4v) is 4.75. The van der Waals surface area contributed by atoms with Gasteiger partial charge in [-0.1, -0.05) is 57.4 Å². The van der Waals surface area contributed by atoms with Crippen LogP contribution < -0.4 is 0 Å². The molecule has 3 rings (SSSR count). The number of hydrogen-bond acceptors (Lipinski definition) is 1. The quantitative estimate of drug-likeness (QED) is 0.782. The van der Waals surface area contributed by atoms with E-state index in [-0.39, 0.29) is 0 Å². The standard InChI is InChI=1S/C21H30O2/c1-20(2)14-10-16(11-15-20)17-8-4-5-9-18(17)21(19(22)23)12-6-3-7-13-21/h4-5,8-9,16H,3,6-7,10-15H2,1-2H3,(H,22,23). The van der Waals surface area contributed by atoms with Crippen molar-refractivity contribution in [1.82, 2.24) is 0 Å². The molecule has 2 heteroatoms. The Morgan fingerprint density at radius 2 is 1.61 bits per heavy atom. The maximum absolute atomic E-state index is 12.2. The van der Waals surface area contributed by atoms with Gasteiger partial charge in [0.2, 0.25) is 0 Å². The SMILES string of the molecule is CC1(C)CCC(c2ccccc2C2(C(=O)O)CCCCC2)CC1. The van der Waals surface area contributed by atoms with Crippen molar-refractivity contribution in [3.05, 3.63) is 35.4 Å². The summed E-state index contributed by atoms with van der Waals surface area (Å²) in [7, 11) is 0. The Balaban J connectivity index is 1.96. The Bertz CT molecular complexity index is 557. The van der Waals surface area contributed by atoms with Crippen LogP contribution in [0.25, 0.3) is 0 Å². The van der Waals surface area contributed by atoms with Crippen LogP contribution in [0.2, 0.25) is 0 Å². The van der Waals surface area contributed by atoms with E-state index >= 15 is 0 Å². The molecule has 0 bridgehead atoms. The zero-order valence-corrected chi connectivity index (χ0v) is 14.6. The molecule has 1 aromatic rings. The van der Waals surface area contributed by atoms with Gasteiger partial charge in [0.25, 0.3) is 0 Å². The summed E-state index contributed by atoms with van der Waals surface area (Å²) < 4.78 is 0. The van der Waals surface area contributed by atoms with Crippen LogP contribution in [0.5, 0.6) is 0 Å². The molecule has 23 heavy (non-hydrogen) atoms. The first kappa shape index (κ1) is 16.5. The van der Waals surface area contributed by atoms with Gasteiger partial charge in [-0.25, -0.2) is 0 Å². The van der Waals surface area contributed by atoms with E-state index in [0.29, 0.717) is 11.3 Å². The maximum atomic E-state index is 12.2. The molecule has 0 radical (unpaired) electrons. The van der Waals surface area contributed by atoms with E-state index < -0.39 is 11.4 Å². The van der Waals surface area contributed by atoms with Crippen molar-refractivity contribution >= 4 is 5.97 Å². The van der Waals surface area contributed by atoms with Crippen LogP contribution in [0, 0.1) is 5.41 Å². The summed E-state index contributed by atoms with van der Waals surface area (Å²) in [5.41, 5.74) is 2.26. The Morgan fingerprint density at radius 1 is 1.00 bits per heavy atom. The zero-order chi connectivity index (χ0) is 16.5. The topological polar surface area (TPSA) is 37.3 Å². The van der Waals surface area contributed by atoms with Crippen LogP contribution in [0.1, 0.15) is 88.7 Å². The van der Waals surface area contributed by atoms with Gasteiger partial charge in [0.05, 0.1) is 5.41 Å². The molecule has 1 N–H and O–H groups in total. The molecule has 0 unspecified atom stereocenters. The average molecular weight is 314 g/mol. The highest BCUT2D eigenvalue weighted by Crippen LogP contribution is 2.47. The van der Waals surface area contributed by atoms with E-state index in [1.165, 1.54) is 37.7 Å². The lowest BCUT2D eigenvalue weighted by Gasteiger charge is -2.39. The second-order valence-electron chi connectivity index (χ2n) is 8.47. The third kappa shape index (κ3) is 3.18. The van der Waals surface area contributed by atoms with Gasteiger partial charge in [0.15, 0.2) is 0 Å². The summed E-state index contributed by atoms with van der Waals surface area (Å²) in [6.45, 7) is 4.71. The first-order valence-corrected chi connectivity index (χ1v) is 9.27. The molecule has 2 fully saturated rings. The summed E-state index contributed by atoms with van der Waals surface area (Å²) in [5.74, 6) is -0.0711. The minimum absolute atomic E-state index is 0.445. The van der Waals surface area contributed by atoms with Crippen molar-refractivity contribution in [2.75, 3.05) is 0 Å². The number of carbonyl (C=O) groups is 1. The van der Waals surface area contributed by atoms with Gasteiger partial charge < -0.3 is 5.11 Å². The number of carboxylic acids is 1. The van der Waals surface area contributed by atoms with Gasteiger partial charge in [-0.15, -0.1) is 0 Å². The van der Waals surface area contributed by atoms with E-state index in [9.17, 15) is 9.90 Å². The van der Waals surface area contributed by atoms with Crippen LogP contribution >= 0.6 is 0 Å². The second kappa shape index (κ2) is 6.30. The molecule has 0 spiro atoms. The highest BCUT2D eigenvalue weighted by Gasteiger charge is 2.43. The van der Waals surface area contributed by atoms with Crippen molar-refractivity contribution in [3.8, 4) is 0 Å². The molecule has 0 aromatic heterocycles. The monoisotopic (exact) mass is 314 g/mol. The van der Waals surface area contributed by atoms with Crippen LogP contribution in [0.3, 0.4) is 0 Å². The van der Waals surface area contributed by atoms with Crippen LogP contribution in [-0.2, 0) is 10.2 Å². The average Bonchev–Trinajstić information content (AvgIpc) is 2.55. The summed E-state index contributed by atoms with van der Waals surface area (Å²) in [5, 5.41) is 10.0. The van der Waals surface area contributed by atoms with E-state index in [4.69, 9.17) is 0 Å². The number of aliphatic carboxylic acids is 1. The fourth-order valence-electron chi connectivity index (χ4n) is 4.75. The third-order valence-electron chi connectivity index (χ3n) is 6.37. The number of carboxylic acid groups (broad SMARTS) is 1. The molecule has 0 aliphatic heterocycles. The Labute approximate surface area is 140 Å². The van der Waals surface area contributed by atoms with Gasteiger partial charge in [-0.3, -0.25) is 4.79 Å². The molecule has 2 nitrogen and oxygen atoms in total. The zero-order valence-electron chi connectivity index (χ0n) is 14.6. The summed E-state index contributed by atoms with van der Waals surface area (Å²) >= 11 is 0. The van der Waals surface area contributed by atoms with E-state index in [2.05, 4.69) is 32.0 Å². The largest absolute Gasteiger partial charge is 0.481 e. The lowest BCUT2D eigenvalue weighted by molar-refractivity contribution is -0.145. The predicted molar refractivity (Wildman–Crippen MR) is 93.8 cm³/mol. The van der Waals surface area contributed by atoms with Crippen molar-refractivity contribution in [1.29, 1.82) is 0 Å². The molecule has 0 heterocycles. The Morgan fingerprint density at radius 3 is 2.22 bits per heavy atom. The smallest absolute Gasteiger partial charge is 0.314 e. The normalized spacial score (nSPS) is 24.3. The molecule has 0 amide bonds. The van der Waals surface area contributed by atoms with Gasteiger partial charge in [0, 0.05) is 0 Å². The van der Waals surface area contributed by atoms with E-state index in [1.54, 1.807) is 0 Å². The lowest BCUT2D eigenvalue weighted by atomic mass is 9.64. The molecule has 1 aromatic carbocycles. The molecule has 2 saturated carbocycles. The molecular weight excluding hydrogens is 284 g/mol. The fraction of sp³-hybridized carbons (Fsp3) is 0.667. The van der Waals surface area contributed by atoms with Crippen LogP contribution in [0.4, 0.5) is 0 Å². The highest BCUT2D eigenvalue weighted by atomic mass is 16.4. The van der Waals surface area contributed by atoms with Crippen LogP contribution in [-0.4, -0.2) is 11.1 Å². The molecule has 2 aliphatic carbocycles. The lowest BCUT2D eigenvalue weighted by Crippen LogP contribution is -2.39. The van der Waals surface area contributed by atoms with Gasteiger partial charge in [0.1, 0.15) is 0 Å². The van der Waals surface area contributed by atoms with Crippen molar-refractivity contribution in [2.24, 2.45) is 5.41 Å². The summed E-state index contributed by atoms with van der Waals surface area (Å²) in [6, 6.07) is 8.44. The summed E-state index contributed by atoms with van der Waals surface area (Å²) in [6.07, 6.45) is 9.73. The van der Waals surface area contributed by atoms with Crippen molar-refractivity contribution < 1.29 is 9.90 Å². The Hall–Kier alpha value is -1.31. The number of rotatable bonds is 3. The molecule has 2 aliphatic rings. The number of benzene rings is 1. The molecule has 0 atom stereocenters. The van der Waals surface area contributed by atoms with Gasteiger partial charge >= 0.3 is 5.97 Å². The molecule has 126 valence electrons. The minimum Gasteiger partial charge on any atom is -0.481 e. The number of hydrogen-bond donors (Lipinski definition) is 1. The van der Waals surface area contributed by atoms with Crippen molar-refractivity contribution in [2.45, 2.75) is 83.0 Å². The van der Waals surface area contributed by atoms with E-state index in [1.807, 2.05) is 6.07 Å². The Kier molecular flexibility index (Phi) is 4.53. The predicted octanol–water partition coefficient (Wildman–Crippen LogP) is 5.66. The molecular formula is C21H30O2. The van der Waals surface area contributed by atoms with Crippen LogP contribution in [0.15, 0.2) is 24.3 Å². The first-order valence-electron chi connectivity index (χ1n) is 9.27. The van der Waals surface area contributed by atoms with Crippen molar-refractivity contribution in [3.63, 3.8) is 0 Å². The minimum atomic E-state index is -0.637. The second-order valence-corrected chi connectivity index (χ2v) is 8.47. The van der Waals surface area contributed by atoms with Gasteiger partial charge in [-0.2, -0.15) is 0 Å². The molecule has 0 saturated heterocycles. The maximum Gasteiger partial charge on any atom is 0.314 e. The van der Waals surface area contributed by atoms with Gasteiger partial charge in [-0.05, 0) is 61.0 Å². The first-order chi connectivity index (χ1) is 10.9. The highest BCUT2D eigenvalue weighted by molar-refractivity contribution is 5.82. The van der Waals surface area contributed by atoms with E-state index in [0.717, 1.165) is 31.2 Å². The third-order valence-corrected chi connectivity index (χ3v) is 6.37. The summed E-state index contributed by atoms with van der Waals surface area (Å²) in [4.78, 5) is 12.2.